The monoisotopic (exact) mass is 432 g/mol. The molecule has 2 rings (SSSR count). The predicted octanol–water partition coefficient (Wildman–Crippen LogP) is 1.08. The summed E-state index contributed by atoms with van der Waals surface area (Å²) in [5.74, 6) is -1.07. The molecule has 0 bridgehead atoms. The van der Waals surface area contributed by atoms with Crippen molar-refractivity contribution in [3.05, 3.63) is 35.9 Å². The Morgan fingerprint density at radius 3 is 2.32 bits per heavy atom. The second-order valence-electron chi connectivity index (χ2n) is 6.06. The molecule has 0 saturated heterocycles. The molecule has 0 aliphatic heterocycles. The van der Waals surface area contributed by atoms with E-state index in [1.807, 2.05) is 0 Å². The van der Waals surface area contributed by atoms with Crippen molar-refractivity contribution in [3.8, 4) is 23.5 Å². The molecule has 0 saturated carbocycles. The number of nitrogens with zero attached hydrogens (tertiary/aromatic N) is 2. The summed E-state index contributed by atoms with van der Waals surface area (Å²) in [6.07, 6.45) is 0. The highest BCUT2D eigenvalue weighted by molar-refractivity contribution is 5.99. The molecule has 0 fully saturated rings. The number of rotatable bonds is 10. The van der Waals surface area contributed by atoms with Crippen LogP contribution in [0.1, 0.15) is 24.2 Å². The van der Waals surface area contributed by atoms with Crippen LogP contribution in [-0.4, -0.2) is 61.2 Å². The van der Waals surface area contributed by atoms with Crippen LogP contribution in [0.3, 0.4) is 0 Å². The van der Waals surface area contributed by atoms with Crippen LogP contribution in [0.2, 0.25) is 0 Å². The van der Waals surface area contributed by atoms with E-state index in [1.165, 1.54) is 33.3 Å². The highest BCUT2D eigenvalue weighted by Gasteiger charge is 2.19. The van der Waals surface area contributed by atoms with Crippen molar-refractivity contribution in [1.82, 2.24) is 20.6 Å². The zero-order valence-corrected chi connectivity index (χ0v) is 17.6. The van der Waals surface area contributed by atoms with Crippen LogP contribution in [0, 0.1) is 0 Å². The number of hydrogen-bond acceptors (Lipinski definition) is 9. The van der Waals surface area contributed by atoms with Crippen molar-refractivity contribution in [2.24, 2.45) is 0 Å². The van der Waals surface area contributed by atoms with E-state index < -0.39 is 23.8 Å². The van der Waals surface area contributed by atoms with E-state index in [0.29, 0.717) is 0 Å². The Bertz CT molecular complexity index is 913. The maximum absolute atomic E-state index is 12.6. The van der Waals surface area contributed by atoms with Crippen LogP contribution in [-0.2, 0) is 14.3 Å². The number of carbonyl (C=O) groups is 3. The Hall–Kier alpha value is -3.89. The van der Waals surface area contributed by atoms with Crippen LogP contribution in [0.25, 0.3) is 0 Å². The van der Waals surface area contributed by atoms with Crippen molar-refractivity contribution in [3.63, 3.8) is 0 Å². The molecule has 11 heteroatoms. The van der Waals surface area contributed by atoms with Gasteiger partial charge < -0.3 is 29.6 Å². The van der Waals surface area contributed by atoms with Crippen LogP contribution >= 0.6 is 0 Å². The summed E-state index contributed by atoms with van der Waals surface area (Å²) in [6.45, 7) is 3.01. The molecule has 1 aromatic carbocycles. The molecule has 2 amide bonds. The highest BCUT2D eigenvalue weighted by atomic mass is 16.5. The lowest BCUT2D eigenvalue weighted by Gasteiger charge is -2.14. The number of benzene rings is 1. The molecule has 2 aromatic rings. The van der Waals surface area contributed by atoms with Gasteiger partial charge in [0.25, 0.3) is 5.91 Å². The van der Waals surface area contributed by atoms with Crippen molar-refractivity contribution >= 4 is 17.8 Å². The number of aromatic nitrogens is 2. The number of methoxy groups -OCH3 is 2. The molecule has 2 N–H and O–H groups in total. The summed E-state index contributed by atoms with van der Waals surface area (Å²) >= 11 is 0. The Kier molecular flexibility index (Phi) is 8.55. The SMILES string of the molecule is CCOC(=O)[C@H](C)NC(=O)CNC(=O)c1ccccc1Oc1nc(OC)cc(OC)n1. The first kappa shape index (κ1) is 23.4. The molecule has 0 aliphatic carbocycles. The maximum Gasteiger partial charge on any atom is 0.328 e. The largest absolute Gasteiger partial charge is 0.481 e. The Morgan fingerprint density at radius 2 is 1.71 bits per heavy atom. The fraction of sp³-hybridized carbons (Fsp3) is 0.350. The first-order valence-corrected chi connectivity index (χ1v) is 9.36. The van der Waals surface area contributed by atoms with E-state index in [0.717, 1.165) is 0 Å². The molecule has 31 heavy (non-hydrogen) atoms. The Morgan fingerprint density at radius 1 is 1.06 bits per heavy atom. The Balaban J connectivity index is 2.05. The van der Waals surface area contributed by atoms with Crippen LogP contribution < -0.4 is 24.8 Å². The quantitative estimate of drug-likeness (QED) is 0.528. The fourth-order valence-electron chi connectivity index (χ4n) is 2.35. The standard InChI is InChI=1S/C20H24N4O7/c1-5-30-19(27)12(2)22-15(25)11-21-18(26)13-8-6-7-9-14(13)31-20-23-16(28-3)10-17(24-20)29-4/h6-10,12H,5,11H2,1-4H3,(H,21,26)(H,22,25)/t12-/m0/s1. The molecular weight excluding hydrogens is 408 g/mol. The van der Waals surface area contributed by atoms with E-state index >= 15 is 0 Å². The average molecular weight is 432 g/mol. The number of ether oxygens (including phenoxy) is 4. The summed E-state index contributed by atoms with van der Waals surface area (Å²) in [6, 6.07) is 6.92. The fourth-order valence-corrected chi connectivity index (χ4v) is 2.35. The smallest absolute Gasteiger partial charge is 0.328 e. The summed E-state index contributed by atoms with van der Waals surface area (Å²) in [5, 5.41) is 4.92. The minimum atomic E-state index is -0.833. The van der Waals surface area contributed by atoms with Crippen LogP contribution in [0.4, 0.5) is 0 Å². The Labute approximate surface area is 179 Å². The number of esters is 1. The predicted molar refractivity (Wildman–Crippen MR) is 108 cm³/mol. The number of para-hydroxylation sites is 1. The molecule has 1 heterocycles. The van der Waals surface area contributed by atoms with E-state index in [9.17, 15) is 14.4 Å². The van der Waals surface area contributed by atoms with Crippen molar-refractivity contribution in [1.29, 1.82) is 0 Å². The van der Waals surface area contributed by atoms with Gasteiger partial charge in [-0.3, -0.25) is 9.59 Å². The van der Waals surface area contributed by atoms with Gasteiger partial charge in [0, 0.05) is 0 Å². The molecule has 0 radical (unpaired) electrons. The molecule has 0 unspecified atom stereocenters. The van der Waals surface area contributed by atoms with Crippen LogP contribution in [0.15, 0.2) is 30.3 Å². The maximum atomic E-state index is 12.6. The third kappa shape index (κ3) is 6.84. The van der Waals surface area contributed by atoms with E-state index in [2.05, 4.69) is 20.6 Å². The average Bonchev–Trinajstić information content (AvgIpc) is 2.77. The molecule has 0 spiro atoms. The lowest BCUT2D eigenvalue weighted by Crippen LogP contribution is -2.44. The number of nitrogens with one attached hydrogen (secondary N) is 2. The molecule has 1 aromatic heterocycles. The van der Waals surface area contributed by atoms with Gasteiger partial charge in [-0.05, 0) is 26.0 Å². The van der Waals surface area contributed by atoms with Crippen molar-refractivity contribution < 1.29 is 33.3 Å². The number of hydrogen-bond donors (Lipinski definition) is 2. The molecule has 166 valence electrons. The van der Waals surface area contributed by atoms with Gasteiger partial charge >= 0.3 is 12.0 Å². The zero-order chi connectivity index (χ0) is 22.8. The summed E-state index contributed by atoms with van der Waals surface area (Å²) in [5.41, 5.74) is 0.152. The minimum Gasteiger partial charge on any atom is -0.481 e. The van der Waals surface area contributed by atoms with Gasteiger partial charge in [0.15, 0.2) is 0 Å². The van der Waals surface area contributed by atoms with E-state index in [4.69, 9.17) is 18.9 Å². The number of carbonyl (C=O) groups excluding carboxylic acids is 3. The summed E-state index contributed by atoms with van der Waals surface area (Å²) in [7, 11) is 2.86. The van der Waals surface area contributed by atoms with Crippen LogP contribution in [0.5, 0.6) is 23.5 Å². The van der Waals surface area contributed by atoms with E-state index in [-0.39, 0.29) is 42.2 Å². The van der Waals surface area contributed by atoms with Crippen molar-refractivity contribution in [2.75, 3.05) is 27.4 Å². The van der Waals surface area contributed by atoms with Gasteiger partial charge in [0.1, 0.15) is 11.8 Å². The highest BCUT2D eigenvalue weighted by Crippen LogP contribution is 2.26. The van der Waals surface area contributed by atoms with Gasteiger partial charge in [0.05, 0.1) is 39.0 Å². The lowest BCUT2D eigenvalue weighted by atomic mass is 10.2. The normalized spacial score (nSPS) is 11.1. The molecule has 1 atom stereocenters. The minimum absolute atomic E-state index is 0.0857. The van der Waals surface area contributed by atoms with Gasteiger partial charge in [-0.25, -0.2) is 4.79 Å². The van der Waals surface area contributed by atoms with Gasteiger partial charge in [-0.2, -0.15) is 9.97 Å². The third-order valence-corrected chi connectivity index (χ3v) is 3.84. The molecular formula is C20H24N4O7. The first-order valence-electron chi connectivity index (χ1n) is 9.36. The molecule has 11 nitrogen and oxygen atoms in total. The molecule has 0 aliphatic rings. The first-order chi connectivity index (χ1) is 14.9. The topological polar surface area (TPSA) is 138 Å². The lowest BCUT2D eigenvalue weighted by molar-refractivity contribution is -0.146. The van der Waals surface area contributed by atoms with Gasteiger partial charge in [-0.1, -0.05) is 12.1 Å². The third-order valence-electron chi connectivity index (χ3n) is 3.84. The van der Waals surface area contributed by atoms with Crippen molar-refractivity contribution in [2.45, 2.75) is 19.9 Å². The zero-order valence-electron chi connectivity index (χ0n) is 17.6. The van der Waals surface area contributed by atoms with Gasteiger partial charge in [-0.15, -0.1) is 0 Å². The second-order valence-corrected chi connectivity index (χ2v) is 6.06. The van der Waals surface area contributed by atoms with Gasteiger partial charge in [0.2, 0.25) is 17.7 Å². The summed E-state index contributed by atoms with van der Waals surface area (Å²) in [4.78, 5) is 44.3. The second kappa shape index (κ2) is 11.3. The summed E-state index contributed by atoms with van der Waals surface area (Å²) < 4.78 is 20.6. The van der Waals surface area contributed by atoms with E-state index in [1.54, 1.807) is 25.1 Å². The number of amides is 2.